The molecule has 1 saturated carbocycles. The first-order valence-electron chi connectivity index (χ1n) is 30.1. The topological polar surface area (TPSA) is 259 Å². The zero-order valence-corrected chi connectivity index (χ0v) is 53.0. The second-order valence-corrected chi connectivity index (χ2v) is 24.6. The van der Waals surface area contributed by atoms with Crippen LogP contribution in [0.3, 0.4) is 0 Å². The van der Waals surface area contributed by atoms with E-state index in [1.54, 1.807) is 27.7 Å². The van der Waals surface area contributed by atoms with Crippen LogP contribution in [0.2, 0.25) is 5.02 Å². The summed E-state index contributed by atoms with van der Waals surface area (Å²) >= 11 is 6.06. The summed E-state index contributed by atoms with van der Waals surface area (Å²) in [6.45, 7) is 8.92. The van der Waals surface area contributed by atoms with Gasteiger partial charge in [0.1, 0.15) is 36.3 Å². The molecule has 2 aliphatic heterocycles. The lowest BCUT2D eigenvalue weighted by molar-refractivity contribution is -0.148. The maximum absolute atomic E-state index is 14.6. The lowest BCUT2D eigenvalue weighted by Crippen LogP contribution is -2.57. The number of nitrogens with zero attached hydrogens (tertiary/aromatic N) is 7. The Morgan fingerprint density at radius 3 is 1.91 bits per heavy atom. The Morgan fingerprint density at radius 2 is 1.29 bits per heavy atom. The van der Waals surface area contributed by atoms with Gasteiger partial charge in [0.2, 0.25) is 65.0 Å². The number of benzene rings is 1. The zero-order valence-electron chi connectivity index (χ0n) is 52.3. The van der Waals surface area contributed by atoms with Crippen LogP contribution >= 0.6 is 11.6 Å². The van der Waals surface area contributed by atoms with E-state index in [4.69, 9.17) is 11.6 Å². The van der Waals surface area contributed by atoms with Crippen molar-refractivity contribution in [2.75, 3.05) is 75.0 Å². The Morgan fingerprint density at radius 1 is 0.651 bits per heavy atom. The van der Waals surface area contributed by atoms with Crippen molar-refractivity contribution >= 4 is 76.6 Å². The van der Waals surface area contributed by atoms with Gasteiger partial charge in [-0.15, -0.1) is 0 Å². The predicted molar refractivity (Wildman–Crippen MR) is 316 cm³/mol. The van der Waals surface area contributed by atoms with Gasteiger partial charge in [0.05, 0.1) is 30.2 Å². The van der Waals surface area contributed by atoms with Crippen LogP contribution in [0, 0.1) is 17.8 Å². The molecule has 1 aliphatic carbocycles. The summed E-state index contributed by atoms with van der Waals surface area (Å²) in [5.41, 5.74) is -0.719. The average molecular weight is 1240 g/mol. The average Bonchev–Trinajstić information content (AvgIpc) is 2.44. The van der Waals surface area contributed by atoms with E-state index in [1.807, 2.05) is 6.92 Å². The third kappa shape index (κ3) is 20.3. The van der Waals surface area contributed by atoms with Gasteiger partial charge in [0.15, 0.2) is 0 Å². The minimum Gasteiger partial charge on any atom is -0.354 e. The van der Waals surface area contributed by atoms with E-state index < -0.39 is 144 Å². The molecule has 0 bridgehead atoms. The van der Waals surface area contributed by atoms with Crippen molar-refractivity contribution in [1.82, 2.24) is 55.6 Å². The van der Waals surface area contributed by atoms with Crippen molar-refractivity contribution in [3.05, 3.63) is 34.3 Å². The molecule has 8 atom stereocenters. The Bertz CT molecular complexity index is 2590. The quantitative estimate of drug-likeness (QED) is 0.289. The summed E-state index contributed by atoms with van der Waals surface area (Å²) in [7, 11) is 8.50. The SMILES string of the molecule is CC[C@H](C)[C@@H]1NC(=O)[C@H](C)N(C)C(=O)C[C@@H](C)NC(=O)[C@H](C(C)C)N(C)C(=O)CCCCNC(=O)[C@@H]2CCCN2C(=O)[C@H](CCc2ccc(C(F)(F)F)c(Cl)c2)NC(=O)CN(C)C(=O)[C@H](CC2CCCCC2)N(C)C(=O)CN(C)C(=O)CN(C)C1=O. The van der Waals surface area contributed by atoms with E-state index in [0.717, 1.165) is 58.9 Å². The van der Waals surface area contributed by atoms with Crippen LogP contribution in [0.5, 0.6) is 0 Å². The highest BCUT2D eigenvalue weighted by Crippen LogP contribution is 2.35. The molecule has 1 aromatic rings. The Hall–Kier alpha value is -6.53. The molecule has 0 aromatic heterocycles. The first-order chi connectivity index (χ1) is 40.3. The molecule has 0 spiro atoms. The summed E-state index contributed by atoms with van der Waals surface area (Å²) in [4.78, 5) is 162. The highest BCUT2D eigenvalue weighted by Gasteiger charge is 2.41. The molecule has 2 heterocycles. The van der Waals surface area contributed by atoms with Gasteiger partial charge >= 0.3 is 6.18 Å². The van der Waals surface area contributed by atoms with Crippen LogP contribution in [0.15, 0.2) is 18.2 Å². The second kappa shape index (κ2) is 33.0. The second-order valence-electron chi connectivity index (χ2n) is 24.2. The number of amides is 11. The molecule has 26 heteroatoms. The number of hydrogen-bond acceptors (Lipinski definition) is 11. The van der Waals surface area contributed by atoms with Gasteiger partial charge in [-0.05, 0) is 94.2 Å². The molecule has 3 aliphatic rings. The van der Waals surface area contributed by atoms with Crippen molar-refractivity contribution < 1.29 is 65.9 Å². The predicted octanol–water partition coefficient (Wildman–Crippen LogP) is 4.00. The smallest absolute Gasteiger partial charge is 0.354 e. The molecule has 0 radical (unpaired) electrons. The molecule has 2 saturated heterocycles. The fourth-order valence-electron chi connectivity index (χ4n) is 11.3. The standard InChI is InChI=1S/C60H93ClF3N11O11/c1-13-37(4)52-59(86)71(9)34-50(79)69(7)35-51(80)73(11)46(32-40-20-15-14-16-21-40)58(85)70(8)33-47(76)67-44(27-25-41-24-26-42(43(61)31-41)60(62,63)64)57(84)75-29-19-22-45(75)55(82)65-28-18-17-23-48(77)74(12)53(36(2)3)56(83)66-38(5)30-49(78)72(10)39(6)54(81)68-52/h24,26,31,36-40,44-46,52-53H,13-23,25,27-30,32-35H2,1-12H3,(H,65,82)(H,66,83)(H,67,76)(H,68,81)/t37-,38+,39-,44-,45-,46-,52-,53-/m0/s1. The lowest BCUT2D eigenvalue weighted by atomic mass is 9.84. The van der Waals surface area contributed by atoms with E-state index in [0.29, 0.717) is 31.2 Å². The number of rotatable bonds is 8. The lowest BCUT2D eigenvalue weighted by Gasteiger charge is -2.35. The molecule has 482 valence electrons. The van der Waals surface area contributed by atoms with Gasteiger partial charge in [0, 0.05) is 74.3 Å². The van der Waals surface area contributed by atoms with Crippen LogP contribution in [0.25, 0.3) is 0 Å². The van der Waals surface area contributed by atoms with E-state index in [9.17, 15) is 65.9 Å². The fourth-order valence-corrected chi connectivity index (χ4v) is 11.6. The molecule has 86 heavy (non-hydrogen) atoms. The van der Waals surface area contributed by atoms with Crippen molar-refractivity contribution in [3.8, 4) is 0 Å². The minimum atomic E-state index is -4.72. The number of aryl methyl sites for hydroxylation is 1. The molecule has 3 fully saturated rings. The van der Waals surface area contributed by atoms with Gasteiger partial charge < -0.3 is 55.6 Å². The summed E-state index contributed by atoms with van der Waals surface area (Å²) < 4.78 is 40.9. The summed E-state index contributed by atoms with van der Waals surface area (Å²) in [6, 6.07) is -4.05. The fraction of sp³-hybridized carbons (Fsp3) is 0.717. The molecule has 4 rings (SSSR count). The monoisotopic (exact) mass is 1240 g/mol. The van der Waals surface area contributed by atoms with Crippen LogP contribution < -0.4 is 21.3 Å². The Labute approximate surface area is 509 Å². The van der Waals surface area contributed by atoms with Gasteiger partial charge in [-0.25, -0.2) is 0 Å². The minimum absolute atomic E-state index is 0.0211. The Kier molecular flexibility index (Phi) is 27.6. The normalized spacial score (nSPS) is 25.9. The van der Waals surface area contributed by atoms with E-state index in [1.165, 1.54) is 74.9 Å². The van der Waals surface area contributed by atoms with E-state index in [2.05, 4.69) is 21.3 Å². The molecule has 1 aromatic carbocycles. The first kappa shape index (κ1) is 71.9. The van der Waals surface area contributed by atoms with Gasteiger partial charge in [0.25, 0.3) is 0 Å². The Balaban J connectivity index is 1.66. The van der Waals surface area contributed by atoms with Crippen LogP contribution in [-0.2, 0) is 65.3 Å². The van der Waals surface area contributed by atoms with Crippen molar-refractivity contribution in [3.63, 3.8) is 0 Å². The number of halogens is 4. The van der Waals surface area contributed by atoms with Gasteiger partial charge in [-0.3, -0.25) is 52.7 Å². The van der Waals surface area contributed by atoms with Crippen molar-refractivity contribution in [2.45, 2.75) is 186 Å². The highest BCUT2D eigenvalue weighted by molar-refractivity contribution is 6.31. The largest absolute Gasteiger partial charge is 0.417 e. The third-order valence-electron chi connectivity index (χ3n) is 17.1. The van der Waals surface area contributed by atoms with Crippen molar-refractivity contribution in [2.24, 2.45) is 17.8 Å². The number of alkyl halides is 3. The van der Waals surface area contributed by atoms with Gasteiger partial charge in [-0.2, -0.15) is 13.2 Å². The van der Waals surface area contributed by atoms with E-state index >= 15 is 0 Å². The third-order valence-corrected chi connectivity index (χ3v) is 17.4. The molecular weight excluding hydrogens is 1140 g/mol. The molecule has 4 N–H and O–H groups in total. The van der Waals surface area contributed by atoms with Gasteiger partial charge in [-0.1, -0.05) is 83.9 Å². The molecule has 22 nitrogen and oxygen atoms in total. The van der Waals surface area contributed by atoms with E-state index in [-0.39, 0.29) is 69.4 Å². The first-order valence-corrected chi connectivity index (χ1v) is 30.5. The summed E-state index contributed by atoms with van der Waals surface area (Å²) in [5.74, 6) is -7.06. The number of carbonyl (C=O) groups is 11. The number of nitrogens with one attached hydrogen (secondary N) is 4. The van der Waals surface area contributed by atoms with Crippen LogP contribution in [0.4, 0.5) is 13.2 Å². The van der Waals surface area contributed by atoms with Crippen LogP contribution in [-0.4, -0.2) is 217 Å². The van der Waals surface area contributed by atoms with Crippen molar-refractivity contribution in [1.29, 1.82) is 0 Å². The molecule has 11 amide bonds. The number of fused-ring (bicyclic) bond motifs is 1. The maximum Gasteiger partial charge on any atom is 0.417 e. The number of hydrogen-bond donors (Lipinski definition) is 4. The number of likely N-dealkylation sites (N-methyl/N-ethyl adjacent to an activating group) is 6. The molecule has 0 unspecified atom stereocenters. The van der Waals surface area contributed by atoms with Crippen LogP contribution in [0.1, 0.15) is 143 Å². The number of carbonyl (C=O) groups excluding carboxylic acids is 11. The highest BCUT2D eigenvalue weighted by atomic mass is 35.5. The summed E-state index contributed by atoms with van der Waals surface area (Å²) in [6.07, 6.45) is 1.41. The summed E-state index contributed by atoms with van der Waals surface area (Å²) in [5, 5.41) is 10.6. The maximum atomic E-state index is 14.6. The zero-order chi connectivity index (χ0) is 64.5. The molecular formula is C60H93ClF3N11O11.